The van der Waals surface area contributed by atoms with Crippen molar-refractivity contribution in [3.05, 3.63) is 22.4 Å². The zero-order chi connectivity index (χ0) is 14.7. The zero-order valence-electron chi connectivity index (χ0n) is 12.0. The molecule has 2 fully saturated rings. The van der Waals surface area contributed by atoms with Crippen molar-refractivity contribution in [2.45, 2.75) is 37.8 Å². The van der Waals surface area contributed by atoms with Gasteiger partial charge in [-0.2, -0.15) is 0 Å². The number of carbonyl (C=O) groups is 2. The van der Waals surface area contributed by atoms with Gasteiger partial charge in [0.05, 0.1) is 4.88 Å². The van der Waals surface area contributed by atoms with Gasteiger partial charge in [0, 0.05) is 38.1 Å². The second-order valence-electron chi connectivity index (χ2n) is 5.75. The van der Waals surface area contributed by atoms with E-state index in [1.165, 1.54) is 24.2 Å². The number of thiophene rings is 1. The van der Waals surface area contributed by atoms with Gasteiger partial charge in [0.1, 0.15) is 0 Å². The van der Waals surface area contributed by atoms with Gasteiger partial charge in [0.25, 0.3) is 5.91 Å². The van der Waals surface area contributed by atoms with E-state index in [0.717, 1.165) is 19.5 Å². The second kappa shape index (κ2) is 6.58. The van der Waals surface area contributed by atoms with Gasteiger partial charge in [-0.3, -0.25) is 9.59 Å². The molecular weight excluding hydrogens is 286 g/mol. The lowest BCUT2D eigenvalue weighted by atomic mass is 10.1. The molecule has 0 spiro atoms. The van der Waals surface area contributed by atoms with Gasteiger partial charge in [-0.25, -0.2) is 0 Å². The third-order valence-corrected chi connectivity index (χ3v) is 5.11. The number of amides is 2. The minimum Gasteiger partial charge on any atom is -0.351 e. The van der Waals surface area contributed by atoms with E-state index in [0.29, 0.717) is 29.9 Å². The summed E-state index contributed by atoms with van der Waals surface area (Å²) in [5.74, 6) is 0.0604. The molecule has 2 saturated heterocycles. The SMILES string of the molecule is O=C(NCCC(=O)N1CCC2CCC(C1)N2)c1cccs1. The summed E-state index contributed by atoms with van der Waals surface area (Å²) in [5.41, 5.74) is 0. The van der Waals surface area contributed by atoms with E-state index >= 15 is 0 Å². The van der Waals surface area contributed by atoms with Crippen LogP contribution in [-0.2, 0) is 4.79 Å². The molecule has 2 unspecified atom stereocenters. The average molecular weight is 307 g/mol. The van der Waals surface area contributed by atoms with Gasteiger partial charge in [0.2, 0.25) is 5.91 Å². The van der Waals surface area contributed by atoms with Crippen LogP contribution >= 0.6 is 11.3 Å². The molecule has 2 aliphatic heterocycles. The molecule has 0 aliphatic carbocycles. The maximum Gasteiger partial charge on any atom is 0.261 e. The largest absolute Gasteiger partial charge is 0.351 e. The highest BCUT2D eigenvalue weighted by Crippen LogP contribution is 2.20. The summed E-state index contributed by atoms with van der Waals surface area (Å²) in [6.45, 7) is 2.06. The predicted octanol–water partition coefficient (Wildman–Crippen LogP) is 1.22. The van der Waals surface area contributed by atoms with Crippen LogP contribution < -0.4 is 10.6 Å². The minimum atomic E-state index is -0.0885. The van der Waals surface area contributed by atoms with Crippen molar-refractivity contribution in [2.24, 2.45) is 0 Å². The smallest absolute Gasteiger partial charge is 0.261 e. The molecule has 1 aromatic rings. The first-order chi connectivity index (χ1) is 10.2. The highest BCUT2D eigenvalue weighted by Gasteiger charge is 2.30. The van der Waals surface area contributed by atoms with Crippen molar-refractivity contribution in [1.29, 1.82) is 0 Å². The summed E-state index contributed by atoms with van der Waals surface area (Å²) in [7, 11) is 0. The van der Waals surface area contributed by atoms with E-state index in [4.69, 9.17) is 0 Å². The van der Waals surface area contributed by atoms with Crippen LogP contribution in [0.15, 0.2) is 17.5 Å². The molecule has 2 atom stereocenters. The lowest BCUT2D eigenvalue weighted by Crippen LogP contribution is -2.40. The highest BCUT2D eigenvalue weighted by molar-refractivity contribution is 7.12. The summed E-state index contributed by atoms with van der Waals surface area (Å²) in [6, 6.07) is 4.69. The quantitative estimate of drug-likeness (QED) is 0.879. The topological polar surface area (TPSA) is 61.4 Å². The third-order valence-electron chi connectivity index (χ3n) is 4.25. The molecule has 0 radical (unpaired) electrons. The molecule has 114 valence electrons. The van der Waals surface area contributed by atoms with E-state index in [1.54, 1.807) is 6.07 Å². The summed E-state index contributed by atoms with van der Waals surface area (Å²) in [4.78, 5) is 26.7. The summed E-state index contributed by atoms with van der Waals surface area (Å²) in [5, 5.41) is 8.26. The molecule has 0 saturated carbocycles. The van der Waals surface area contributed by atoms with Crippen LogP contribution in [-0.4, -0.2) is 48.4 Å². The third kappa shape index (κ3) is 3.63. The van der Waals surface area contributed by atoms with Gasteiger partial charge >= 0.3 is 0 Å². The molecule has 2 aliphatic rings. The normalized spacial score (nSPS) is 24.7. The van der Waals surface area contributed by atoms with Crippen LogP contribution in [0.3, 0.4) is 0 Å². The van der Waals surface area contributed by atoms with Gasteiger partial charge in [-0.15, -0.1) is 11.3 Å². The van der Waals surface area contributed by atoms with Crippen molar-refractivity contribution in [1.82, 2.24) is 15.5 Å². The molecule has 2 amide bonds. The Morgan fingerprint density at radius 1 is 1.33 bits per heavy atom. The van der Waals surface area contributed by atoms with Crippen molar-refractivity contribution in [3.63, 3.8) is 0 Å². The Kier molecular flexibility index (Phi) is 4.55. The average Bonchev–Trinajstić information content (AvgIpc) is 3.08. The number of nitrogens with zero attached hydrogens (tertiary/aromatic N) is 1. The van der Waals surface area contributed by atoms with Crippen molar-refractivity contribution < 1.29 is 9.59 Å². The first kappa shape index (κ1) is 14.5. The lowest BCUT2D eigenvalue weighted by Gasteiger charge is -2.24. The van der Waals surface area contributed by atoms with Gasteiger partial charge < -0.3 is 15.5 Å². The van der Waals surface area contributed by atoms with E-state index in [2.05, 4.69) is 10.6 Å². The minimum absolute atomic E-state index is 0.0885. The molecule has 0 aromatic carbocycles. The van der Waals surface area contributed by atoms with Gasteiger partial charge in [0.15, 0.2) is 0 Å². The first-order valence-corrected chi connectivity index (χ1v) is 8.46. The van der Waals surface area contributed by atoms with Crippen LogP contribution in [0.5, 0.6) is 0 Å². The van der Waals surface area contributed by atoms with Crippen molar-refractivity contribution >= 4 is 23.2 Å². The zero-order valence-corrected chi connectivity index (χ0v) is 12.8. The molecule has 3 heterocycles. The summed E-state index contributed by atoms with van der Waals surface area (Å²) >= 11 is 1.41. The standard InChI is InChI=1S/C15H21N3O2S/c19-14(5-7-16-15(20)13-2-1-9-21-13)18-8-6-11-3-4-12(10-18)17-11/h1-2,9,11-12,17H,3-8,10H2,(H,16,20). The Hall–Kier alpha value is -1.40. The van der Waals surface area contributed by atoms with E-state index in [9.17, 15) is 9.59 Å². The number of hydrogen-bond donors (Lipinski definition) is 2. The highest BCUT2D eigenvalue weighted by atomic mass is 32.1. The van der Waals surface area contributed by atoms with Crippen LogP contribution in [0.2, 0.25) is 0 Å². The van der Waals surface area contributed by atoms with E-state index in [-0.39, 0.29) is 11.8 Å². The maximum absolute atomic E-state index is 12.2. The Balaban J connectivity index is 1.43. The van der Waals surface area contributed by atoms with E-state index < -0.39 is 0 Å². The van der Waals surface area contributed by atoms with Crippen LogP contribution in [0.4, 0.5) is 0 Å². The van der Waals surface area contributed by atoms with Crippen molar-refractivity contribution in [3.8, 4) is 0 Å². The van der Waals surface area contributed by atoms with Gasteiger partial charge in [-0.1, -0.05) is 6.07 Å². The summed E-state index contributed by atoms with van der Waals surface area (Å²) in [6.07, 6.45) is 3.84. The Morgan fingerprint density at radius 2 is 2.19 bits per heavy atom. The Bertz CT molecular complexity index is 503. The number of likely N-dealkylation sites (tertiary alicyclic amines) is 1. The monoisotopic (exact) mass is 307 g/mol. The molecule has 5 nitrogen and oxygen atoms in total. The fourth-order valence-corrected chi connectivity index (χ4v) is 3.75. The maximum atomic E-state index is 12.2. The molecule has 3 rings (SSSR count). The van der Waals surface area contributed by atoms with Crippen molar-refractivity contribution in [2.75, 3.05) is 19.6 Å². The molecular formula is C15H21N3O2S. The number of carbonyl (C=O) groups excluding carboxylic acids is 2. The molecule has 2 N–H and O–H groups in total. The predicted molar refractivity (Wildman–Crippen MR) is 82.4 cm³/mol. The molecule has 21 heavy (non-hydrogen) atoms. The Labute approximate surface area is 128 Å². The van der Waals surface area contributed by atoms with E-state index in [1.807, 2.05) is 16.3 Å². The number of fused-ring (bicyclic) bond motifs is 2. The molecule has 1 aromatic heterocycles. The van der Waals surface area contributed by atoms with Crippen LogP contribution in [0, 0.1) is 0 Å². The number of nitrogens with one attached hydrogen (secondary N) is 2. The second-order valence-corrected chi connectivity index (χ2v) is 6.70. The van der Waals surface area contributed by atoms with Crippen LogP contribution in [0.1, 0.15) is 35.4 Å². The lowest BCUT2D eigenvalue weighted by molar-refractivity contribution is -0.131. The van der Waals surface area contributed by atoms with Gasteiger partial charge in [-0.05, 0) is 30.7 Å². The first-order valence-electron chi connectivity index (χ1n) is 7.58. The fraction of sp³-hybridized carbons (Fsp3) is 0.600. The fourth-order valence-electron chi connectivity index (χ4n) is 3.11. The number of rotatable bonds is 4. The van der Waals surface area contributed by atoms with Crippen LogP contribution in [0.25, 0.3) is 0 Å². The molecule has 6 heteroatoms. The Morgan fingerprint density at radius 3 is 3.00 bits per heavy atom. The molecule has 2 bridgehead atoms. The number of hydrogen-bond acceptors (Lipinski definition) is 4. The summed E-state index contributed by atoms with van der Waals surface area (Å²) < 4.78 is 0.